The van der Waals surface area contributed by atoms with Crippen molar-refractivity contribution in [3.63, 3.8) is 0 Å². The minimum Gasteiger partial charge on any atom is -0.394 e. The normalized spacial score (nSPS) is 12.6. The molecule has 3 nitrogen and oxygen atoms in total. The third-order valence-corrected chi connectivity index (χ3v) is 3.31. The molecule has 1 rings (SSSR count). The minimum atomic E-state index is -0.263. The molecule has 0 saturated heterocycles. The summed E-state index contributed by atoms with van der Waals surface area (Å²) in [6.45, 7) is 4.01. The molecule has 2 N–H and O–H groups in total. The number of aliphatic hydroxyl groups excluding tert-OH is 1. The highest BCUT2D eigenvalue weighted by Crippen LogP contribution is 2.21. The van der Waals surface area contributed by atoms with Crippen LogP contribution in [0.4, 0.5) is 0 Å². The lowest BCUT2D eigenvalue weighted by Gasteiger charge is -2.18. The summed E-state index contributed by atoms with van der Waals surface area (Å²) in [5.41, 5.74) is 0.410. The van der Waals surface area contributed by atoms with E-state index in [-0.39, 0.29) is 18.6 Å². The fourth-order valence-corrected chi connectivity index (χ4v) is 2.25. The van der Waals surface area contributed by atoms with E-state index in [1.54, 1.807) is 18.2 Å². The van der Waals surface area contributed by atoms with Crippen molar-refractivity contribution in [2.24, 2.45) is 5.92 Å². The van der Waals surface area contributed by atoms with Gasteiger partial charge in [-0.05, 0) is 30.5 Å². The van der Waals surface area contributed by atoms with Gasteiger partial charge in [0.05, 0.1) is 23.2 Å². The van der Waals surface area contributed by atoms with Gasteiger partial charge in [0.2, 0.25) is 0 Å². The minimum absolute atomic E-state index is 0.0739. The van der Waals surface area contributed by atoms with Gasteiger partial charge in [0.15, 0.2) is 0 Å². The summed E-state index contributed by atoms with van der Waals surface area (Å²) in [5.74, 6) is 0.140. The zero-order chi connectivity index (χ0) is 13.7. The van der Waals surface area contributed by atoms with Gasteiger partial charge in [-0.2, -0.15) is 0 Å². The summed E-state index contributed by atoms with van der Waals surface area (Å²) in [7, 11) is 0. The van der Waals surface area contributed by atoms with Gasteiger partial charge in [-0.3, -0.25) is 4.79 Å². The highest BCUT2D eigenvalue weighted by Gasteiger charge is 2.16. The lowest BCUT2D eigenvalue weighted by Crippen LogP contribution is -2.38. The Labute approximate surface area is 121 Å². The third kappa shape index (κ3) is 4.59. The van der Waals surface area contributed by atoms with Crippen molar-refractivity contribution in [3.05, 3.63) is 33.3 Å². The molecule has 0 saturated carbocycles. The molecule has 1 unspecified atom stereocenters. The molecule has 1 amide bonds. The number of hydrogen-bond acceptors (Lipinski definition) is 2. The van der Waals surface area contributed by atoms with E-state index in [1.165, 1.54) is 0 Å². The molecule has 0 aliphatic rings. The Hall–Kier alpha value is -0.580. The van der Waals surface area contributed by atoms with Crippen molar-refractivity contribution >= 4 is 33.4 Å². The summed E-state index contributed by atoms with van der Waals surface area (Å²) in [4.78, 5) is 12.0. The van der Waals surface area contributed by atoms with E-state index >= 15 is 0 Å². The van der Waals surface area contributed by atoms with Crippen LogP contribution in [0.5, 0.6) is 0 Å². The second kappa shape index (κ2) is 7.12. The first kappa shape index (κ1) is 15.5. The van der Waals surface area contributed by atoms with E-state index in [4.69, 9.17) is 11.6 Å². The van der Waals surface area contributed by atoms with Crippen LogP contribution in [0.1, 0.15) is 30.6 Å². The van der Waals surface area contributed by atoms with Gasteiger partial charge in [0, 0.05) is 4.47 Å². The smallest absolute Gasteiger partial charge is 0.253 e. The Morgan fingerprint density at radius 1 is 1.50 bits per heavy atom. The fourth-order valence-electron chi connectivity index (χ4n) is 1.68. The standard InChI is InChI=1S/C13H17BrClNO2/c1-8(2)5-10(7-17)16-13(18)11-6-9(14)3-4-12(11)15/h3-4,6,8,10,17H,5,7H2,1-2H3,(H,16,18). The van der Waals surface area contributed by atoms with Crippen LogP contribution in [0, 0.1) is 5.92 Å². The lowest BCUT2D eigenvalue weighted by atomic mass is 10.0. The third-order valence-electron chi connectivity index (χ3n) is 2.48. The molecular formula is C13H17BrClNO2. The lowest BCUT2D eigenvalue weighted by molar-refractivity contribution is 0.0908. The maximum Gasteiger partial charge on any atom is 0.253 e. The van der Waals surface area contributed by atoms with Crippen LogP contribution in [0.2, 0.25) is 5.02 Å². The fraction of sp³-hybridized carbons (Fsp3) is 0.462. The molecular weight excluding hydrogens is 318 g/mol. The van der Waals surface area contributed by atoms with Gasteiger partial charge < -0.3 is 10.4 Å². The summed E-state index contributed by atoms with van der Waals surface area (Å²) in [6.07, 6.45) is 0.730. The van der Waals surface area contributed by atoms with E-state index in [9.17, 15) is 9.90 Å². The quantitative estimate of drug-likeness (QED) is 0.868. The van der Waals surface area contributed by atoms with E-state index in [2.05, 4.69) is 21.2 Å². The second-order valence-electron chi connectivity index (χ2n) is 4.61. The Morgan fingerprint density at radius 3 is 2.72 bits per heavy atom. The van der Waals surface area contributed by atoms with Crippen LogP contribution < -0.4 is 5.32 Å². The first-order valence-corrected chi connectivity index (χ1v) is 6.98. The predicted octanol–water partition coefficient (Wildman–Crippen LogP) is 3.24. The molecule has 18 heavy (non-hydrogen) atoms. The molecule has 0 aromatic heterocycles. The van der Waals surface area contributed by atoms with E-state index in [0.717, 1.165) is 10.9 Å². The van der Waals surface area contributed by atoms with Crippen LogP contribution in [0.25, 0.3) is 0 Å². The molecule has 0 radical (unpaired) electrons. The molecule has 0 bridgehead atoms. The molecule has 1 atom stereocenters. The second-order valence-corrected chi connectivity index (χ2v) is 5.93. The number of rotatable bonds is 5. The van der Waals surface area contributed by atoms with E-state index < -0.39 is 0 Å². The highest BCUT2D eigenvalue weighted by atomic mass is 79.9. The maximum atomic E-state index is 12.0. The molecule has 5 heteroatoms. The monoisotopic (exact) mass is 333 g/mol. The SMILES string of the molecule is CC(C)CC(CO)NC(=O)c1cc(Br)ccc1Cl. The van der Waals surface area contributed by atoms with Crippen LogP contribution in [0.3, 0.4) is 0 Å². The van der Waals surface area contributed by atoms with Crippen LogP contribution in [0.15, 0.2) is 22.7 Å². The largest absolute Gasteiger partial charge is 0.394 e. The topological polar surface area (TPSA) is 49.3 Å². The molecule has 100 valence electrons. The van der Waals surface area contributed by atoms with Gasteiger partial charge in [-0.25, -0.2) is 0 Å². The Kier molecular flexibility index (Phi) is 6.12. The molecule has 1 aromatic rings. The van der Waals surface area contributed by atoms with E-state index in [0.29, 0.717) is 16.5 Å². The predicted molar refractivity (Wildman–Crippen MR) is 76.9 cm³/mol. The van der Waals surface area contributed by atoms with Crippen molar-refractivity contribution in [1.82, 2.24) is 5.32 Å². The zero-order valence-corrected chi connectivity index (χ0v) is 12.8. The van der Waals surface area contributed by atoms with Gasteiger partial charge in [-0.15, -0.1) is 0 Å². The molecule has 0 spiro atoms. The van der Waals surface area contributed by atoms with Crippen molar-refractivity contribution in [3.8, 4) is 0 Å². The first-order valence-electron chi connectivity index (χ1n) is 5.80. The van der Waals surface area contributed by atoms with Gasteiger partial charge in [0.1, 0.15) is 0 Å². The Balaban J connectivity index is 2.77. The number of carbonyl (C=O) groups is 1. The maximum absolute atomic E-state index is 12.0. The number of nitrogens with one attached hydrogen (secondary N) is 1. The summed E-state index contributed by atoms with van der Waals surface area (Å²) >= 11 is 9.28. The molecule has 0 aliphatic heterocycles. The summed E-state index contributed by atoms with van der Waals surface area (Å²) in [6, 6.07) is 4.86. The van der Waals surface area contributed by atoms with Crippen molar-refractivity contribution in [2.75, 3.05) is 6.61 Å². The molecule has 0 heterocycles. The van der Waals surface area contributed by atoms with Crippen LogP contribution >= 0.6 is 27.5 Å². The average Bonchev–Trinajstić information content (AvgIpc) is 2.30. The van der Waals surface area contributed by atoms with Crippen molar-refractivity contribution in [1.29, 1.82) is 0 Å². The number of carbonyl (C=O) groups excluding carboxylic acids is 1. The zero-order valence-electron chi connectivity index (χ0n) is 10.4. The van der Waals surface area contributed by atoms with E-state index in [1.807, 2.05) is 13.8 Å². The molecule has 0 fully saturated rings. The van der Waals surface area contributed by atoms with Gasteiger partial charge in [-0.1, -0.05) is 41.4 Å². The number of hydrogen-bond donors (Lipinski definition) is 2. The number of aliphatic hydroxyl groups is 1. The van der Waals surface area contributed by atoms with Crippen LogP contribution in [-0.4, -0.2) is 23.7 Å². The summed E-state index contributed by atoms with van der Waals surface area (Å²) < 4.78 is 0.793. The first-order chi connectivity index (χ1) is 8.43. The highest BCUT2D eigenvalue weighted by molar-refractivity contribution is 9.10. The number of amides is 1. The Bertz CT molecular complexity index is 423. The molecule has 0 aliphatic carbocycles. The van der Waals surface area contributed by atoms with Gasteiger partial charge >= 0.3 is 0 Å². The molecule has 1 aromatic carbocycles. The number of halogens is 2. The van der Waals surface area contributed by atoms with Crippen molar-refractivity contribution < 1.29 is 9.90 Å². The average molecular weight is 335 g/mol. The van der Waals surface area contributed by atoms with Crippen LogP contribution in [-0.2, 0) is 0 Å². The van der Waals surface area contributed by atoms with Crippen molar-refractivity contribution in [2.45, 2.75) is 26.3 Å². The van der Waals surface area contributed by atoms with Gasteiger partial charge in [0.25, 0.3) is 5.91 Å². The summed E-state index contributed by atoms with van der Waals surface area (Å²) in [5, 5.41) is 12.4. The Morgan fingerprint density at radius 2 is 2.17 bits per heavy atom. The number of benzene rings is 1.